The van der Waals surface area contributed by atoms with Crippen LogP contribution in [-0.4, -0.2) is 45.7 Å². The maximum atomic E-state index is 10.2. The lowest BCUT2D eigenvalue weighted by molar-refractivity contribution is 0.0509. The van der Waals surface area contributed by atoms with Gasteiger partial charge in [-0.25, -0.2) is 4.99 Å². The van der Waals surface area contributed by atoms with Crippen molar-refractivity contribution in [3.8, 4) is 0 Å². The molecule has 2 aliphatic rings. The first-order valence-electron chi connectivity index (χ1n) is 5.62. The summed E-state index contributed by atoms with van der Waals surface area (Å²) in [7, 11) is 0. The Morgan fingerprint density at radius 2 is 2.25 bits per heavy atom. The molecule has 2 heterocycles. The third-order valence-corrected chi connectivity index (χ3v) is 3.38. The second kappa shape index (κ2) is 4.73. The van der Waals surface area contributed by atoms with E-state index in [0.29, 0.717) is 18.1 Å². The summed E-state index contributed by atoms with van der Waals surface area (Å²) in [5.41, 5.74) is 1.66. The Morgan fingerprint density at radius 3 is 2.94 bits per heavy atom. The summed E-state index contributed by atoms with van der Waals surface area (Å²) in [6, 6.07) is 0. The molecule has 0 radical (unpaired) electrons. The number of piperidine rings is 1. The molecule has 0 amide bonds. The summed E-state index contributed by atoms with van der Waals surface area (Å²) in [6.45, 7) is 2.60. The monoisotopic (exact) mass is 244 g/mol. The lowest BCUT2D eigenvalue weighted by Gasteiger charge is -2.40. The normalized spacial score (nSPS) is 30.2. The van der Waals surface area contributed by atoms with Crippen LogP contribution in [0, 0.1) is 0 Å². The summed E-state index contributed by atoms with van der Waals surface area (Å²) in [6.07, 6.45) is 1.03. The van der Waals surface area contributed by atoms with Crippen molar-refractivity contribution in [2.45, 2.75) is 38.5 Å². The zero-order valence-corrected chi connectivity index (χ0v) is 10.1. The third-order valence-electron chi connectivity index (χ3n) is 3.19. The van der Waals surface area contributed by atoms with Crippen molar-refractivity contribution in [3.63, 3.8) is 0 Å². The Morgan fingerprint density at radius 1 is 1.50 bits per heavy atom. The smallest absolute Gasteiger partial charge is 0.152 e. The number of amidine groups is 1. The van der Waals surface area contributed by atoms with Gasteiger partial charge in [0.25, 0.3) is 0 Å². The van der Waals surface area contributed by atoms with Gasteiger partial charge < -0.3 is 15.1 Å². The standard InChI is InChI=1S/C11H17ClN2O2/c1-7-8(4-5-12)11(16)14-6-2-3-9(15)10(14)13-7/h9,11,15-16H,2-6H2,1H3. The predicted octanol–water partition coefficient (Wildman–Crippen LogP) is 1.08. The maximum Gasteiger partial charge on any atom is 0.152 e. The minimum Gasteiger partial charge on any atom is -0.385 e. The maximum absolute atomic E-state index is 10.2. The molecule has 1 saturated heterocycles. The first-order chi connectivity index (χ1) is 7.65. The lowest BCUT2D eigenvalue weighted by atomic mass is 10.0. The molecule has 0 aromatic rings. The van der Waals surface area contributed by atoms with Gasteiger partial charge >= 0.3 is 0 Å². The van der Waals surface area contributed by atoms with E-state index in [0.717, 1.165) is 30.7 Å². The lowest BCUT2D eigenvalue weighted by Crippen LogP contribution is -2.52. The zero-order chi connectivity index (χ0) is 11.7. The number of nitrogens with zero attached hydrogens (tertiary/aromatic N) is 2. The molecule has 0 aromatic heterocycles. The number of alkyl halides is 1. The average Bonchev–Trinajstić information content (AvgIpc) is 2.26. The molecule has 0 spiro atoms. The number of allylic oxidation sites excluding steroid dienone is 1. The van der Waals surface area contributed by atoms with E-state index in [1.807, 2.05) is 6.92 Å². The van der Waals surface area contributed by atoms with Crippen molar-refractivity contribution in [3.05, 3.63) is 11.3 Å². The molecule has 2 N–H and O–H groups in total. The van der Waals surface area contributed by atoms with Crippen molar-refractivity contribution in [1.29, 1.82) is 0 Å². The number of aliphatic imine (C=N–C) groups is 1. The van der Waals surface area contributed by atoms with E-state index < -0.39 is 12.3 Å². The summed E-state index contributed by atoms with van der Waals surface area (Å²) in [5.74, 6) is 1.08. The number of halogens is 1. The molecule has 0 saturated carbocycles. The molecule has 4 nitrogen and oxygen atoms in total. The highest BCUT2D eigenvalue weighted by Crippen LogP contribution is 2.28. The van der Waals surface area contributed by atoms with Crippen molar-refractivity contribution in [1.82, 2.24) is 4.90 Å². The summed E-state index contributed by atoms with van der Waals surface area (Å²) >= 11 is 5.71. The Bertz CT molecular complexity index is 341. The second-order valence-corrected chi connectivity index (χ2v) is 4.62. The molecule has 2 atom stereocenters. The number of aliphatic hydroxyl groups excluding tert-OH is 2. The number of rotatable bonds is 2. The van der Waals surface area contributed by atoms with Gasteiger partial charge in [-0.05, 0) is 26.2 Å². The highest BCUT2D eigenvalue weighted by Gasteiger charge is 2.34. The predicted molar refractivity (Wildman–Crippen MR) is 63.4 cm³/mol. The van der Waals surface area contributed by atoms with Crippen molar-refractivity contribution < 1.29 is 10.2 Å². The first kappa shape index (κ1) is 11.9. The van der Waals surface area contributed by atoms with E-state index in [2.05, 4.69) is 4.99 Å². The molecule has 0 aliphatic carbocycles. The molecule has 5 heteroatoms. The molecule has 16 heavy (non-hydrogen) atoms. The van der Waals surface area contributed by atoms with Crippen LogP contribution in [-0.2, 0) is 0 Å². The zero-order valence-electron chi connectivity index (χ0n) is 9.36. The molecule has 1 fully saturated rings. The van der Waals surface area contributed by atoms with Crippen molar-refractivity contribution in [2.24, 2.45) is 4.99 Å². The molecular formula is C11H17ClN2O2. The highest BCUT2D eigenvalue weighted by molar-refractivity contribution is 6.18. The van der Waals surface area contributed by atoms with Crippen molar-refractivity contribution in [2.75, 3.05) is 12.4 Å². The van der Waals surface area contributed by atoms with Gasteiger partial charge in [0.05, 0.1) is 0 Å². The fraction of sp³-hybridized carbons (Fsp3) is 0.727. The van der Waals surface area contributed by atoms with Crippen LogP contribution in [0.3, 0.4) is 0 Å². The molecule has 0 aromatic carbocycles. The van der Waals surface area contributed by atoms with Gasteiger partial charge in [-0.1, -0.05) is 0 Å². The van der Waals surface area contributed by atoms with Crippen LogP contribution in [0.5, 0.6) is 0 Å². The van der Waals surface area contributed by atoms with Crippen LogP contribution >= 0.6 is 11.6 Å². The van der Waals surface area contributed by atoms with E-state index in [-0.39, 0.29) is 0 Å². The third kappa shape index (κ3) is 1.97. The Kier molecular flexibility index (Phi) is 3.52. The van der Waals surface area contributed by atoms with Gasteiger partial charge in [-0.3, -0.25) is 0 Å². The molecular weight excluding hydrogens is 228 g/mol. The van der Waals surface area contributed by atoms with Crippen LogP contribution in [0.2, 0.25) is 0 Å². The average molecular weight is 245 g/mol. The van der Waals surface area contributed by atoms with Crippen LogP contribution in [0.4, 0.5) is 0 Å². The van der Waals surface area contributed by atoms with Crippen molar-refractivity contribution >= 4 is 17.4 Å². The minimum atomic E-state index is -0.666. The number of hydrogen-bond donors (Lipinski definition) is 2. The van der Waals surface area contributed by atoms with E-state index in [1.165, 1.54) is 0 Å². The van der Waals surface area contributed by atoms with Crippen LogP contribution in [0.1, 0.15) is 26.2 Å². The molecule has 2 unspecified atom stereocenters. The molecule has 2 aliphatic heterocycles. The summed E-state index contributed by atoms with van der Waals surface area (Å²) in [5, 5.41) is 20.0. The van der Waals surface area contributed by atoms with E-state index in [9.17, 15) is 10.2 Å². The minimum absolute atomic E-state index is 0.477. The summed E-state index contributed by atoms with van der Waals surface area (Å²) < 4.78 is 0. The van der Waals surface area contributed by atoms with Crippen LogP contribution in [0.25, 0.3) is 0 Å². The number of fused-ring (bicyclic) bond motifs is 1. The largest absolute Gasteiger partial charge is 0.385 e. The van der Waals surface area contributed by atoms with E-state index in [1.54, 1.807) is 4.90 Å². The quantitative estimate of drug-likeness (QED) is 0.715. The van der Waals surface area contributed by atoms with Crippen LogP contribution < -0.4 is 0 Å². The van der Waals surface area contributed by atoms with Gasteiger partial charge in [-0.15, -0.1) is 11.6 Å². The summed E-state index contributed by atoms with van der Waals surface area (Å²) in [4.78, 5) is 6.17. The molecule has 0 bridgehead atoms. The van der Waals surface area contributed by atoms with Gasteiger partial charge in [0.2, 0.25) is 0 Å². The van der Waals surface area contributed by atoms with Gasteiger partial charge in [0.15, 0.2) is 6.23 Å². The fourth-order valence-corrected chi connectivity index (χ4v) is 2.51. The first-order valence-corrected chi connectivity index (χ1v) is 6.15. The van der Waals surface area contributed by atoms with Gasteiger partial charge in [-0.2, -0.15) is 0 Å². The van der Waals surface area contributed by atoms with Gasteiger partial charge in [0.1, 0.15) is 11.9 Å². The number of aliphatic hydroxyl groups is 2. The van der Waals surface area contributed by atoms with Crippen LogP contribution in [0.15, 0.2) is 16.3 Å². The molecule has 90 valence electrons. The SMILES string of the molecule is CC1=C(CCCl)C(O)N2CCCC(O)C2=N1. The second-order valence-electron chi connectivity index (χ2n) is 4.24. The van der Waals surface area contributed by atoms with E-state index in [4.69, 9.17) is 11.6 Å². The Balaban J connectivity index is 2.31. The molecule has 2 rings (SSSR count). The van der Waals surface area contributed by atoms with E-state index >= 15 is 0 Å². The number of hydrogen-bond acceptors (Lipinski definition) is 4. The Labute approximate surface area is 100 Å². The fourth-order valence-electron chi connectivity index (χ4n) is 2.31. The topological polar surface area (TPSA) is 56.1 Å². The Hall–Kier alpha value is -0.580. The van der Waals surface area contributed by atoms with Gasteiger partial charge in [0, 0.05) is 23.7 Å². The highest BCUT2D eigenvalue weighted by atomic mass is 35.5.